The molecule has 5 aliphatic carbocycles. The Morgan fingerprint density at radius 1 is 0.972 bits per heavy atom. The molecule has 0 aromatic heterocycles. The average Bonchev–Trinajstić information content (AvgIpc) is 2.79. The fourth-order valence-corrected chi connectivity index (χ4v) is 13.3. The summed E-state index contributed by atoms with van der Waals surface area (Å²) in [5.74, 6) is 2.55. The summed E-state index contributed by atoms with van der Waals surface area (Å²) in [5, 5.41) is 0. The number of Topliss-reactive ketones (excluding diaryl/α,β-unsaturated/α-hetero) is 1. The largest absolute Gasteiger partial charge is 0.469 e. The summed E-state index contributed by atoms with van der Waals surface area (Å²) in [4.78, 5) is 26.9. The highest BCUT2D eigenvalue weighted by molar-refractivity contribution is 9.25. The highest BCUT2D eigenvalue weighted by atomic mass is 79.9. The summed E-state index contributed by atoms with van der Waals surface area (Å²) in [6.07, 6.45) is 10.8. The Kier molecular flexibility index (Phi) is 6.23. The van der Waals surface area contributed by atoms with Crippen LogP contribution < -0.4 is 0 Å². The summed E-state index contributed by atoms with van der Waals surface area (Å²) in [5.41, 5.74) is 1.07. The number of hydrogen-bond acceptors (Lipinski definition) is 3. The second-order valence-corrected chi connectivity index (χ2v) is 18.5. The van der Waals surface area contributed by atoms with Crippen LogP contribution in [0.2, 0.25) is 0 Å². The number of fused-ring (bicyclic) bond motifs is 7. The Morgan fingerprint density at radius 2 is 1.64 bits per heavy atom. The van der Waals surface area contributed by atoms with Crippen LogP contribution in [0.3, 0.4) is 0 Å². The van der Waals surface area contributed by atoms with Crippen LogP contribution in [-0.2, 0) is 14.3 Å². The van der Waals surface area contributed by atoms with Gasteiger partial charge in [0, 0.05) is 5.41 Å². The molecule has 0 N–H and O–H groups in total. The molecule has 5 rings (SSSR count). The Bertz CT molecular complexity index is 1020. The molecule has 0 unspecified atom stereocenters. The molecule has 5 aliphatic rings. The van der Waals surface area contributed by atoms with Crippen molar-refractivity contribution in [1.29, 1.82) is 0 Å². The molecule has 0 aromatic carbocycles. The lowest BCUT2D eigenvalue weighted by molar-refractivity contribution is -0.191. The molecule has 36 heavy (non-hydrogen) atoms. The van der Waals surface area contributed by atoms with Crippen LogP contribution in [0, 0.1) is 56.7 Å². The lowest BCUT2D eigenvalue weighted by Crippen LogP contribution is -2.67. The van der Waals surface area contributed by atoms with Gasteiger partial charge in [-0.05, 0) is 97.2 Å². The second-order valence-electron chi connectivity index (χ2n) is 14.7. The Labute approximate surface area is 235 Å². The zero-order valence-corrected chi connectivity index (χ0v) is 26.8. The third kappa shape index (κ3) is 3.20. The zero-order valence-electron chi connectivity index (χ0n) is 23.6. The zero-order chi connectivity index (χ0) is 26.7. The number of ketones is 1. The molecule has 3 nitrogen and oxygen atoms in total. The fraction of sp³-hybridized carbons (Fsp3) is 0.871. The van der Waals surface area contributed by atoms with E-state index in [-0.39, 0.29) is 39.0 Å². The highest BCUT2D eigenvalue weighted by Gasteiger charge is 2.71. The van der Waals surface area contributed by atoms with Crippen molar-refractivity contribution in [1.82, 2.24) is 0 Å². The van der Waals surface area contributed by atoms with Crippen molar-refractivity contribution in [2.75, 3.05) is 7.11 Å². The van der Waals surface area contributed by atoms with Gasteiger partial charge in [0.25, 0.3) is 0 Å². The minimum absolute atomic E-state index is 0.0213. The van der Waals surface area contributed by atoms with E-state index in [1.807, 2.05) is 0 Å². The molecular formula is C31H46Br2O3. The van der Waals surface area contributed by atoms with E-state index in [9.17, 15) is 9.59 Å². The Balaban J connectivity index is 1.64. The van der Waals surface area contributed by atoms with Gasteiger partial charge >= 0.3 is 5.97 Å². The van der Waals surface area contributed by atoms with Crippen LogP contribution >= 0.6 is 31.9 Å². The van der Waals surface area contributed by atoms with Crippen molar-refractivity contribution >= 4 is 43.6 Å². The van der Waals surface area contributed by atoms with Gasteiger partial charge < -0.3 is 4.74 Å². The second kappa shape index (κ2) is 8.18. The van der Waals surface area contributed by atoms with E-state index in [0.29, 0.717) is 29.5 Å². The van der Waals surface area contributed by atoms with Crippen molar-refractivity contribution in [2.24, 2.45) is 56.7 Å². The van der Waals surface area contributed by atoms with Crippen molar-refractivity contribution in [2.45, 2.75) is 103 Å². The summed E-state index contributed by atoms with van der Waals surface area (Å²) < 4.78 is 4.86. The van der Waals surface area contributed by atoms with Gasteiger partial charge in [-0.3, -0.25) is 9.59 Å². The molecule has 0 spiro atoms. The lowest BCUT2D eigenvalue weighted by atomic mass is 9.33. The van der Waals surface area contributed by atoms with Crippen molar-refractivity contribution in [3.8, 4) is 0 Å². The number of esters is 1. The van der Waals surface area contributed by atoms with E-state index >= 15 is 0 Å². The van der Waals surface area contributed by atoms with Gasteiger partial charge in [-0.2, -0.15) is 0 Å². The molecule has 0 bridgehead atoms. The van der Waals surface area contributed by atoms with E-state index in [0.717, 1.165) is 51.4 Å². The predicted molar refractivity (Wildman–Crippen MR) is 152 cm³/mol. The van der Waals surface area contributed by atoms with E-state index in [2.05, 4.69) is 86.4 Å². The number of carbonyl (C=O) groups is 2. The molecule has 0 saturated heterocycles. The van der Waals surface area contributed by atoms with Gasteiger partial charge in [-0.15, -0.1) is 0 Å². The summed E-state index contributed by atoms with van der Waals surface area (Å²) in [6.45, 7) is 16.7. The lowest BCUT2D eigenvalue weighted by Gasteiger charge is -2.71. The monoisotopic (exact) mass is 624 g/mol. The number of alkyl halides is 2. The van der Waals surface area contributed by atoms with Crippen LogP contribution in [0.4, 0.5) is 0 Å². The molecule has 0 radical (unpaired) electrons. The van der Waals surface area contributed by atoms with Gasteiger partial charge in [0.05, 0.1) is 12.5 Å². The molecule has 0 heterocycles. The number of allylic oxidation sites excluding steroid dienone is 2. The minimum Gasteiger partial charge on any atom is -0.469 e. The molecule has 4 saturated carbocycles. The van der Waals surface area contributed by atoms with E-state index in [4.69, 9.17) is 4.74 Å². The first-order valence-corrected chi connectivity index (χ1v) is 15.8. The van der Waals surface area contributed by atoms with Crippen LogP contribution in [-0.4, -0.2) is 22.1 Å². The van der Waals surface area contributed by atoms with Crippen molar-refractivity contribution in [3.63, 3.8) is 0 Å². The number of rotatable bonds is 1. The van der Waals surface area contributed by atoms with Crippen LogP contribution in [0.5, 0.6) is 0 Å². The molecule has 0 aliphatic heterocycles. The number of hydrogen-bond donors (Lipinski definition) is 0. The Hall–Kier alpha value is -0.160. The first kappa shape index (κ1) is 27.4. The minimum atomic E-state index is -0.655. The highest BCUT2D eigenvalue weighted by Crippen LogP contribution is 2.76. The number of carbonyl (C=O) groups excluding carboxylic acids is 2. The van der Waals surface area contributed by atoms with Crippen LogP contribution in [0.1, 0.15) is 99.8 Å². The first-order chi connectivity index (χ1) is 16.5. The summed E-state index contributed by atoms with van der Waals surface area (Å²) >= 11 is 7.68. The first-order valence-electron chi connectivity index (χ1n) is 14.2. The molecule has 5 heteroatoms. The summed E-state index contributed by atoms with van der Waals surface area (Å²) in [6, 6.07) is 0. The van der Waals surface area contributed by atoms with Gasteiger partial charge in [0.1, 0.15) is 3.23 Å². The Morgan fingerprint density at radius 3 is 2.28 bits per heavy atom. The molecule has 202 valence electrons. The normalized spacial score (nSPS) is 51.1. The molecule has 0 amide bonds. The smallest absolute Gasteiger partial charge is 0.312 e. The molecule has 0 aromatic rings. The predicted octanol–water partition coefficient (Wildman–Crippen LogP) is 8.48. The standard InChI is InChI=1S/C31H46Br2O3/c1-18-11-14-30(25(35)36-8)16-15-28(6)20(23(30)19(18)2)9-10-22-27(5)17-31(32,33)24(34)26(3,4)21(27)12-13-29(22,28)7/h9,18-19,21-23H,10-17H2,1-8H3/t18-,19+,21+,22-,23+,27+,28-,29-,30+/m1/s1. The topological polar surface area (TPSA) is 43.4 Å². The van der Waals surface area contributed by atoms with Crippen molar-refractivity contribution < 1.29 is 14.3 Å². The number of methoxy groups -OCH3 is 1. The SMILES string of the molecule is COC(=O)[C@]12CC[C@@H](C)[C@H](C)[C@H]1C1=CC[C@@H]3[C@@]4(C)CC(Br)(Br)C(=O)C(C)(C)[C@@H]4CC[C@@]3(C)[C@]1(C)CC2. The maximum atomic E-state index is 13.5. The fourth-order valence-electron chi connectivity index (χ4n) is 11.0. The average molecular weight is 627 g/mol. The van der Waals surface area contributed by atoms with Crippen LogP contribution in [0.15, 0.2) is 11.6 Å². The third-order valence-corrected chi connectivity index (χ3v) is 14.5. The summed E-state index contributed by atoms with van der Waals surface area (Å²) in [7, 11) is 1.58. The van der Waals surface area contributed by atoms with Gasteiger partial charge in [0.2, 0.25) is 0 Å². The van der Waals surface area contributed by atoms with E-state index in [1.54, 1.807) is 12.7 Å². The number of halogens is 2. The van der Waals surface area contributed by atoms with Gasteiger partial charge in [0.15, 0.2) is 5.78 Å². The van der Waals surface area contributed by atoms with E-state index < -0.39 is 3.23 Å². The quantitative estimate of drug-likeness (QED) is 0.167. The maximum absolute atomic E-state index is 13.5. The molecular weight excluding hydrogens is 580 g/mol. The number of ether oxygens (including phenoxy) is 1. The molecule has 9 atom stereocenters. The molecule has 4 fully saturated rings. The third-order valence-electron chi connectivity index (χ3n) is 13.2. The van der Waals surface area contributed by atoms with Gasteiger partial charge in [-0.25, -0.2) is 0 Å². The van der Waals surface area contributed by atoms with Crippen LogP contribution in [0.25, 0.3) is 0 Å². The maximum Gasteiger partial charge on any atom is 0.312 e. The van der Waals surface area contributed by atoms with E-state index in [1.165, 1.54) is 0 Å². The van der Waals surface area contributed by atoms with Gasteiger partial charge in [-0.1, -0.05) is 92.0 Å². The van der Waals surface area contributed by atoms with Crippen molar-refractivity contribution in [3.05, 3.63) is 11.6 Å².